The van der Waals surface area contributed by atoms with Crippen LogP contribution in [0.25, 0.3) is 0 Å². The lowest BCUT2D eigenvalue weighted by Gasteiger charge is -2.14. The molecular formula is C11H16O2. The van der Waals surface area contributed by atoms with Crippen molar-refractivity contribution in [2.75, 3.05) is 0 Å². The number of phenolic OH excluding ortho intramolecular Hbond substituents is 1. The van der Waals surface area contributed by atoms with Crippen LogP contribution in [0.2, 0.25) is 0 Å². The van der Waals surface area contributed by atoms with E-state index in [0.717, 1.165) is 12.0 Å². The van der Waals surface area contributed by atoms with Gasteiger partial charge in [0.2, 0.25) is 0 Å². The Labute approximate surface area is 78.8 Å². The Morgan fingerprint density at radius 2 is 1.69 bits per heavy atom. The predicted octanol–water partition coefficient (Wildman–Crippen LogP) is 1.95. The molecule has 0 amide bonds. The molecule has 2 N–H and O–H groups in total. The van der Waals surface area contributed by atoms with Gasteiger partial charge in [-0.05, 0) is 37.0 Å². The van der Waals surface area contributed by atoms with Gasteiger partial charge >= 0.3 is 0 Å². The Bertz CT molecular complexity index is 251. The van der Waals surface area contributed by atoms with E-state index in [9.17, 15) is 5.11 Å². The van der Waals surface area contributed by atoms with E-state index in [1.807, 2.05) is 19.1 Å². The molecule has 0 radical (unpaired) electrons. The van der Waals surface area contributed by atoms with Gasteiger partial charge in [-0.1, -0.05) is 19.1 Å². The minimum Gasteiger partial charge on any atom is -0.508 e. The smallest absolute Gasteiger partial charge is 0.115 e. The summed E-state index contributed by atoms with van der Waals surface area (Å²) in [5.74, 6) is 0.540. The van der Waals surface area contributed by atoms with Crippen LogP contribution in [0.3, 0.4) is 0 Å². The molecule has 0 heterocycles. The molecule has 0 aliphatic carbocycles. The summed E-state index contributed by atoms with van der Waals surface area (Å²) < 4.78 is 0. The molecule has 0 fully saturated rings. The number of benzene rings is 1. The number of aliphatic hydroxyl groups excluding tert-OH is 1. The fourth-order valence-corrected chi connectivity index (χ4v) is 1.17. The minimum atomic E-state index is -0.284. The van der Waals surface area contributed by atoms with Crippen molar-refractivity contribution < 1.29 is 10.2 Å². The first-order chi connectivity index (χ1) is 6.09. The molecule has 72 valence electrons. The van der Waals surface area contributed by atoms with Crippen LogP contribution in [0.4, 0.5) is 0 Å². The second-order valence-corrected chi connectivity index (χ2v) is 3.59. The van der Waals surface area contributed by atoms with E-state index in [0.29, 0.717) is 0 Å². The summed E-state index contributed by atoms with van der Waals surface area (Å²) in [6.45, 7) is 3.81. The molecule has 0 saturated carbocycles. The third-order valence-electron chi connectivity index (χ3n) is 2.32. The molecular weight excluding hydrogens is 164 g/mol. The monoisotopic (exact) mass is 180 g/mol. The Morgan fingerprint density at radius 3 is 2.15 bits per heavy atom. The van der Waals surface area contributed by atoms with Crippen LogP contribution in [0.5, 0.6) is 5.75 Å². The normalized spacial score (nSPS) is 15.3. The van der Waals surface area contributed by atoms with Gasteiger partial charge in [0.15, 0.2) is 0 Å². The van der Waals surface area contributed by atoms with E-state index in [-0.39, 0.29) is 17.8 Å². The van der Waals surface area contributed by atoms with E-state index in [4.69, 9.17) is 5.11 Å². The molecule has 0 unspecified atom stereocenters. The number of rotatable bonds is 3. The largest absolute Gasteiger partial charge is 0.508 e. The number of aromatic hydroxyl groups is 1. The molecule has 1 aromatic rings. The summed E-state index contributed by atoms with van der Waals surface area (Å²) in [5, 5.41) is 18.3. The zero-order valence-electron chi connectivity index (χ0n) is 8.07. The molecule has 2 atom stereocenters. The Morgan fingerprint density at radius 1 is 1.15 bits per heavy atom. The molecule has 0 bridgehead atoms. The van der Waals surface area contributed by atoms with E-state index in [1.54, 1.807) is 19.1 Å². The van der Waals surface area contributed by atoms with Crippen LogP contribution in [0.15, 0.2) is 24.3 Å². The van der Waals surface area contributed by atoms with Crippen LogP contribution in [0.1, 0.15) is 19.4 Å². The SMILES string of the molecule is C[C@H](O)[C@H](C)Cc1ccc(O)cc1. The first-order valence-electron chi connectivity index (χ1n) is 4.55. The first-order valence-corrected chi connectivity index (χ1v) is 4.55. The number of hydrogen-bond acceptors (Lipinski definition) is 2. The summed E-state index contributed by atoms with van der Waals surface area (Å²) in [7, 11) is 0. The third-order valence-corrected chi connectivity index (χ3v) is 2.32. The zero-order valence-corrected chi connectivity index (χ0v) is 8.07. The molecule has 0 saturated heterocycles. The van der Waals surface area contributed by atoms with Crippen molar-refractivity contribution in [1.82, 2.24) is 0 Å². The van der Waals surface area contributed by atoms with E-state index in [2.05, 4.69) is 0 Å². The standard InChI is InChI=1S/C11H16O2/c1-8(9(2)12)7-10-3-5-11(13)6-4-10/h3-6,8-9,12-13H,7H2,1-2H3/t8-,9+/m1/s1. The second-order valence-electron chi connectivity index (χ2n) is 3.59. The van der Waals surface area contributed by atoms with E-state index >= 15 is 0 Å². The molecule has 13 heavy (non-hydrogen) atoms. The van der Waals surface area contributed by atoms with Crippen LogP contribution in [0, 0.1) is 5.92 Å². The zero-order chi connectivity index (χ0) is 9.84. The maximum absolute atomic E-state index is 9.29. The quantitative estimate of drug-likeness (QED) is 0.746. The van der Waals surface area contributed by atoms with E-state index < -0.39 is 0 Å². The Hall–Kier alpha value is -1.02. The fraction of sp³-hybridized carbons (Fsp3) is 0.455. The molecule has 1 rings (SSSR count). The highest BCUT2D eigenvalue weighted by molar-refractivity contribution is 5.26. The average molecular weight is 180 g/mol. The van der Waals surface area contributed by atoms with Gasteiger partial charge in [-0.25, -0.2) is 0 Å². The number of hydrogen-bond donors (Lipinski definition) is 2. The number of phenols is 1. The molecule has 2 heteroatoms. The second kappa shape index (κ2) is 4.28. The lowest BCUT2D eigenvalue weighted by Crippen LogP contribution is -2.15. The molecule has 0 aliphatic heterocycles. The molecule has 2 nitrogen and oxygen atoms in total. The third kappa shape index (κ3) is 3.07. The first kappa shape index (κ1) is 10.1. The van der Waals surface area contributed by atoms with Crippen molar-refractivity contribution in [3.8, 4) is 5.75 Å². The van der Waals surface area contributed by atoms with Gasteiger partial charge in [0.1, 0.15) is 5.75 Å². The molecule has 1 aromatic carbocycles. The Balaban J connectivity index is 2.59. The highest BCUT2D eigenvalue weighted by Gasteiger charge is 2.08. The molecule has 0 aromatic heterocycles. The van der Waals surface area contributed by atoms with Gasteiger partial charge in [-0.3, -0.25) is 0 Å². The molecule has 0 aliphatic rings. The lowest BCUT2D eigenvalue weighted by molar-refractivity contribution is 0.135. The summed E-state index contributed by atoms with van der Waals surface area (Å²) in [4.78, 5) is 0. The summed E-state index contributed by atoms with van der Waals surface area (Å²) in [6.07, 6.45) is 0.562. The van der Waals surface area contributed by atoms with Gasteiger partial charge < -0.3 is 10.2 Å². The van der Waals surface area contributed by atoms with Gasteiger partial charge in [0, 0.05) is 0 Å². The topological polar surface area (TPSA) is 40.5 Å². The maximum atomic E-state index is 9.29. The maximum Gasteiger partial charge on any atom is 0.115 e. The predicted molar refractivity (Wildman–Crippen MR) is 52.7 cm³/mol. The van der Waals surface area contributed by atoms with E-state index in [1.165, 1.54) is 0 Å². The van der Waals surface area contributed by atoms with Crippen molar-refractivity contribution in [2.24, 2.45) is 5.92 Å². The van der Waals surface area contributed by atoms with Crippen LogP contribution >= 0.6 is 0 Å². The van der Waals surface area contributed by atoms with Gasteiger partial charge in [-0.2, -0.15) is 0 Å². The van der Waals surface area contributed by atoms with Crippen molar-refractivity contribution >= 4 is 0 Å². The average Bonchev–Trinajstić information content (AvgIpc) is 2.08. The molecule has 0 spiro atoms. The lowest BCUT2D eigenvalue weighted by atomic mass is 9.97. The van der Waals surface area contributed by atoms with Crippen LogP contribution in [-0.2, 0) is 6.42 Å². The van der Waals surface area contributed by atoms with Gasteiger partial charge in [-0.15, -0.1) is 0 Å². The minimum absolute atomic E-state index is 0.254. The van der Waals surface area contributed by atoms with Crippen molar-refractivity contribution in [3.63, 3.8) is 0 Å². The Kier molecular flexibility index (Phi) is 3.32. The van der Waals surface area contributed by atoms with Gasteiger partial charge in [0.25, 0.3) is 0 Å². The fourth-order valence-electron chi connectivity index (χ4n) is 1.17. The van der Waals surface area contributed by atoms with Crippen molar-refractivity contribution in [3.05, 3.63) is 29.8 Å². The summed E-state index contributed by atoms with van der Waals surface area (Å²) in [5.41, 5.74) is 1.14. The van der Waals surface area contributed by atoms with Crippen molar-refractivity contribution in [1.29, 1.82) is 0 Å². The van der Waals surface area contributed by atoms with Crippen LogP contribution in [-0.4, -0.2) is 16.3 Å². The summed E-state index contributed by atoms with van der Waals surface area (Å²) >= 11 is 0. The van der Waals surface area contributed by atoms with Crippen molar-refractivity contribution in [2.45, 2.75) is 26.4 Å². The highest BCUT2D eigenvalue weighted by Crippen LogP contribution is 2.15. The van der Waals surface area contributed by atoms with Gasteiger partial charge in [0.05, 0.1) is 6.10 Å². The van der Waals surface area contributed by atoms with Crippen LogP contribution < -0.4 is 0 Å². The highest BCUT2D eigenvalue weighted by atomic mass is 16.3. The summed E-state index contributed by atoms with van der Waals surface area (Å²) in [6, 6.07) is 7.11. The number of aliphatic hydroxyl groups is 1.